The van der Waals surface area contributed by atoms with Crippen LogP contribution in [0.25, 0.3) is 0 Å². The zero-order valence-corrected chi connectivity index (χ0v) is 13.5. The summed E-state index contributed by atoms with van der Waals surface area (Å²) in [5.74, 6) is -0.158. The second-order valence-electron chi connectivity index (χ2n) is 5.08. The summed E-state index contributed by atoms with van der Waals surface area (Å²) in [6.45, 7) is 5.94. The summed E-state index contributed by atoms with van der Waals surface area (Å²) in [6, 6.07) is 6.56. The van der Waals surface area contributed by atoms with Crippen molar-refractivity contribution in [2.45, 2.75) is 33.6 Å². The van der Waals surface area contributed by atoms with Crippen molar-refractivity contribution in [3.8, 4) is 0 Å². The van der Waals surface area contributed by atoms with Crippen LogP contribution in [-0.2, 0) is 11.2 Å². The maximum Gasteiger partial charge on any atom is 0.338 e. The molecule has 0 atom stereocenters. The van der Waals surface area contributed by atoms with E-state index in [9.17, 15) is 9.59 Å². The summed E-state index contributed by atoms with van der Waals surface area (Å²) in [6.07, 6.45) is 1.39. The molecular formula is C17H20N2O4. The molecule has 0 fully saturated rings. The number of nitrogens with one attached hydrogen (secondary N) is 1. The zero-order valence-electron chi connectivity index (χ0n) is 13.5. The van der Waals surface area contributed by atoms with Gasteiger partial charge in [0.1, 0.15) is 11.3 Å². The van der Waals surface area contributed by atoms with E-state index >= 15 is 0 Å². The van der Waals surface area contributed by atoms with Crippen LogP contribution in [0.15, 0.2) is 28.8 Å². The standard InChI is InChI=1S/C17H20N2O4/c1-4-10-22-17(21)12-6-8-13(9-7-12)18-16(20)15-11(3)23-19-14(15)5-2/h6-9H,4-5,10H2,1-3H3,(H,18,20). The molecule has 0 saturated carbocycles. The highest BCUT2D eigenvalue weighted by Crippen LogP contribution is 2.17. The Morgan fingerprint density at radius 3 is 2.52 bits per heavy atom. The van der Waals surface area contributed by atoms with E-state index < -0.39 is 0 Å². The number of ether oxygens (including phenoxy) is 1. The molecule has 0 spiro atoms. The van der Waals surface area contributed by atoms with Gasteiger partial charge in [0.2, 0.25) is 0 Å². The number of anilines is 1. The Morgan fingerprint density at radius 1 is 1.22 bits per heavy atom. The van der Waals surface area contributed by atoms with Crippen LogP contribution < -0.4 is 5.32 Å². The molecular weight excluding hydrogens is 296 g/mol. The SMILES string of the molecule is CCCOC(=O)c1ccc(NC(=O)c2c(CC)noc2C)cc1. The van der Waals surface area contributed by atoms with E-state index in [0.717, 1.165) is 6.42 Å². The van der Waals surface area contributed by atoms with Gasteiger partial charge in [0, 0.05) is 5.69 Å². The predicted octanol–water partition coefficient (Wildman–Crippen LogP) is 3.36. The van der Waals surface area contributed by atoms with Crippen molar-refractivity contribution < 1.29 is 18.8 Å². The molecule has 2 rings (SSSR count). The van der Waals surface area contributed by atoms with Crippen LogP contribution in [0.2, 0.25) is 0 Å². The number of hydrogen-bond acceptors (Lipinski definition) is 5. The monoisotopic (exact) mass is 316 g/mol. The summed E-state index contributed by atoms with van der Waals surface area (Å²) >= 11 is 0. The second-order valence-corrected chi connectivity index (χ2v) is 5.08. The Labute approximate surface area is 134 Å². The van der Waals surface area contributed by atoms with Crippen molar-refractivity contribution in [1.82, 2.24) is 5.16 Å². The summed E-state index contributed by atoms with van der Waals surface area (Å²) in [4.78, 5) is 24.1. The number of nitrogens with zero attached hydrogens (tertiary/aromatic N) is 1. The van der Waals surface area contributed by atoms with Crippen molar-refractivity contribution in [3.05, 3.63) is 46.8 Å². The van der Waals surface area contributed by atoms with Crippen LogP contribution in [-0.4, -0.2) is 23.6 Å². The average Bonchev–Trinajstić information content (AvgIpc) is 2.94. The predicted molar refractivity (Wildman–Crippen MR) is 85.6 cm³/mol. The lowest BCUT2D eigenvalue weighted by molar-refractivity contribution is 0.0505. The number of aromatic nitrogens is 1. The van der Waals surface area contributed by atoms with Gasteiger partial charge in [0.15, 0.2) is 0 Å². The van der Waals surface area contributed by atoms with Gasteiger partial charge in [0.25, 0.3) is 5.91 Å². The highest BCUT2D eigenvalue weighted by atomic mass is 16.5. The Balaban J connectivity index is 2.07. The van der Waals surface area contributed by atoms with E-state index in [1.165, 1.54) is 0 Å². The number of rotatable bonds is 6. The molecule has 23 heavy (non-hydrogen) atoms. The Kier molecular flexibility index (Phi) is 5.51. The third kappa shape index (κ3) is 3.97. The molecule has 1 aromatic heterocycles. The lowest BCUT2D eigenvalue weighted by Crippen LogP contribution is -2.14. The van der Waals surface area contributed by atoms with Gasteiger partial charge in [-0.1, -0.05) is 19.0 Å². The Bertz CT molecular complexity index is 689. The molecule has 0 unspecified atom stereocenters. The minimum atomic E-state index is -0.368. The molecule has 6 heteroatoms. The highest BCUT2D eigenvalue weighted by Gasteiger charge is 2.19. The molecule has 0 bridgehead atoms. The number of aryl methyl sites for hydroxylation is 2. The van der Waals surface area contributed by atoms with Crippen molar-refractivity contribution in [1.29, 1.82) is 0 Å². The van der Waals surface area contributed by atoms with Gasteiger partial charge in [-0.2, -0.15) is 0 Å². The van der Waals surface area contributed by atoms with Gasteiger partial charge < -0.3 is 14.6 Å². The van der Waals surface area contributed by atoms with Crippen LogP contribution in [0.3, 0.4) is 0 Å². The van der Waals surface area contributed by atoms with Crippen LogP contribution in [0.1, 0.15) is 52.4 Å². The maximum atomic E-state index is 12.3. The van der Waals surface area contributed by atoms with Crippen molar-refractivity contribution >= 4 is 17.6 Å². The molecule has 0 aliphatic carbocycles. The molecule has 122 valence electrons. The first-order valence-electron chi connectivity index (χ1n) is 7.60. The summed E-state index contributed by atoms with van der Waals surface area (Å²) < 4.78 is 10.1. The fourth-order valence-corrected chi connectivity index (χ4v) is 2.11. The van der Waals surface area contributed by atoms with Crippen LogP contribution in [0.4, 0.5) is 5.69 Å². The molecule has 1 N–H and O–H groups in total. The topological polar surface area (TPSA) is 81.4 Å². The Hall–Kier alpha value is -2.63. The minimum Gasteiger partial charge on any atom is -0.462 e. The van der Waals surface area contributed by atoms with Crippen LogP contribution in [0.5, 0.6) is 0 Å². The molecule has 6 nitrogen and oxygen atoms in total. The number of benzene rings is 1. The van der Waals surface area contributed by atoms with E-state index in [-0.39, 0.29) is 11.9 Å². The first kappa shape index (κ1) is 16.7. The highest BCUT2D eigenvalue weighted by molar-refractivity contribution is 6.05. The van der Waals surface area contributed by atoms with E-state index in [4.69, 9.17) is 9.26 Å². The molecule has 1 heterocycles. The summed E-state index contributed by atoms with van der Waals surface area (Å²) in [5, 5.41) is 6.64. The molecule has 1 aromatic carbocycles. The van der Waals surface area contributed by atoms with E-state index in [2.05, 4.69) is 10.5 Å². The quantitative estimate of drug-likeness (QED) is 0.826. The van der Waals surface area contributed by atoms with Crippen molar-refractivity contribution in [2.24, 2.45) is 0 Å². The van der Waals surface area contributed by atoms with Gasteiger partial charge in [-0.05, 0) is 44.0 Å². The number of carbonyl (C=O) groups excluding carboxylic acids is 2. The average molecular weight is 316 g/mol. The number of amides is 1. The number of carbonyl (C=O) groups is 2. The van der Waals surface area contributed by atoms with Gasteiger partial charge in [-0.25, -0.2) is 4.79 Å². The first-order chi connectivity index (χ1) is 11.1. The normalized spacial score (nSPS) is 10.4. The second kappa shape index (κ2) is 7.58. The molecule has 0 saturated heterocycles. The molecule has 0 aliphatic rings. The largest absolute Gasteiger partial charge is 0.462 e. The fraction of sp³-hybridized carbons (Fsp3) is 0.353. The van der Waals surface area contributed by atoms with Gasteiger partial charge in [-0.15, -0.1) is 0 Å². The molecule has 0 aliphatic heterocycles. The minimum absolute atomic E-state index is 0.276. The van der Waals surface area contributed by atoms with E-state index in [1.807, 2.05) is 13.8 Å². The third-order valence-corrected chi connectivity index (χ3v) is 3.31. The van der Waals surface area contributed by atoms with Gasteiger partial charge in [0.05, 0.1) is 17.9 Å². The third-order valence-electron chi connectivity index (χ3n) is 3.31. The lowest BCUT2D eigenvalue weighted by atomic mass is 10.1. The fourth-order valence-electron chi connectivity index (χ4n) is 2.11. The number of esters is 1. The first-order valence-corrected chi connectivity index (χ1v) is 7.60. The van der Waals surface area contributed by atoms with Gasteiger partial charge in [-0.3, -0.25) is 4.79 Å². The number of hydrogen-bond donors (Lipinski definition) is 1. The summed E-state index contributed by atoms with van der Waals surface area (Å²) in [7, 11) is 0. The molecule has 1 amide bonds. The van der Waals surface area contributed by atoms with Crippen LogP contribution >= 0.6 is 0 Å². The van der Waals surface area contributed by atoms with E-state index in [0.29, 0.717) is 41.3 Å². The zero-order chi connectivity index (χ0) is 16.8. The maximum absolute atomic E-state index is 12.3. The molecule has 2 aromatic rings. The van der Waals surface area contributed by atoms with Crippen molar-refractivity contribution in [3.63, 3.8) is 0 Å². The van der Waals surface area contributed by atoms with Crippen molar-refractivity contribution in [2.75, 3.05) is 11.9 Å². The summed E-state index contributed by atoms with van der Waals surface area (Å²) in [5.41, 5.74) is 2.12. The van der Waals surface area contributed by atoms with Crippen LogP contribution in [0, 0.1) is 6.92 Å². The van der Waals surface area contributed by atoms with E-state index in [1.54, 1.807) is 31.2 Å². The molecule has 0 radical (unpaired) electrons. The van der Waals surface area contributed by atoms with Gasteiger partial charge >= 0.3 is 5.97 Å². The smallest absolute Gasteiger partial charge is 0.338 e. The Morgan fingerprint density at radius 2 is 1.91 bits per heavy atom. The lowest BCUT2D eigenvalue weighted by Gasteiger charge is -2.07.